The number of fused-ring (bicyclic) bond motifs is 2. The molecule has 1 aliphatic rings. The number of nitrogens with zero attached hydrogens (tertiary/aromatic N) is 7. The van der Waals surface area contributed by atoms with Gasteiger partial charge in [-0.25, -0.2) is 28.1 Å². The predicted molar refractivity (Wildman–Crippen MR) is 160 cm³/mol. The smallest absolute Gasteiger partial charge is 0.350 e. The second-order valence-electron chi connectivity index (χ2n) is 11.0. The maximum atomic E-state index is 16.1. The number of aromatic nitrogens is 6. The Morgan fingerprint density at radius 1 is 1.14 bits per heavy atom. The molecule has 5 aromatic rings. The summed E-state index contributed by atoms with van der Waals surface area (Å²) in [5.74, 6) is -1.51. The molecule has 1 atom stereocenters. The first-order chi connectivity index (χ1) is 20.6. The largest absolute Gasteiger partial charge is 0.355 e. The van der Waals surface area contributed by atoms with Crippen LogP contribution in [0, 0.1) is 18.6 Å². The molecule has 5 heterocycles. The van der Waals surface area contributed by atoms with E-state index in [-0.39, 0.29) is 51.5 Å². The first kappa shape index (κ1) is 28.1. The number of pyridine rings is 2. The number of halogens is 2. The number of H-pyrrole nitrogens is 1. The lowest BCUT2D eigenvalue weighted by molar-refractivity contribution is -0.126. The molecule has 1 aromatic carbocycles. The molecule has 0 bridgehead atoms. The second-order valence-corrected chi connectivity index (χ2v) is 11.0. The SMILES string of the molecule is C=CC(=O)N1CCN(c2nc(=O)n(-c3c(C)ccnc3C(C)C)c3nc(-c4c(F)ccc5nc[nH]c45)c(F)cc23)[C@@H](C)C1. The molecule has 1 saturated heterocycles. The van der Waals surface area contributed by atoms with Crippen molar-refractivity contribution in [2.45, 2.75) is 39.7 Å². The van der Waals surface area contributed by atoms with Crippen LogP contribution in [0.15, 0.2) is 54.2 Å². The van der Waals surface area contributed by atoms with Crippen molar-refractivity contribution in [3.05, 3.63) is 82.8 Å². The number of rotatable bonds is 5. The van der Waals surface area contributed by atoms with E-state index in [1.54, 1.807) is 17.2 Å². The molecular formula is C31H30F2N8O2. The Labute approximate surface area is 245 Å². The number of amides is 1. The third-order valence-corrected chi connectivity index (χ3v) is 7.89. The summed E-state index contributed by atoms with van der Waals surface area (Å²) in [5.41, 5.74) is 1.71. The first-order valence-electron chi connectivity index (χ1n) is 14.0. The number of imidazole rings is 1. The molecule has 10 nitrogen and oxygen atoms in total. The molecule has 0 saturated carbocycles. The third kappa shape index (κ3) is 4.62. The third-order valence-electron chi connectivity index (χ3n) is 7.89. The highest BCUT2D eigenvalue weighted by atomic mass is 19.1. The molecule has 4 aromatic heterocycles. The molecule has 0 aliphatic carbocycles. The second kappa shape index (κ2) is 10.7. The Balaban J connectivity index is 1.67. The number of hydrogen-bond acceptors (Lipinski definition) is 7. The quantitative estimate of drug-likeness (QED) is 0.299. The summed E-state index contributed by atoms with van der Waals surface area (Å²) < 4.78 is 32.8. The Bertz CT molecular complexity index is 1980. The summed E-state index contributed by atoms with van der Waals surface area (Å²) in [6, 6.07) is 5.48. The molecule has 6 rings (SSSR count). The predicted octanol–water partition coefficient (Wildman–Crippen LogP) is 4.65. The van der Waals surface area contributed by atoms with Crippen LogP contribution in [0.2, 0.25) is 0 Å². The molecule has 0 spiro atoms. The fraction of sp³-hybridized carbons (Fsp3) is 0.290. The van der Waals surface area contributed by atoms with Crippen molar-refractivity contribution in [3.63, 3.8) is 0 Å². The van der Waals surface area contributed by atoms with Gasteiger partial charge in [0.15, 0.2) is 11.5 Å². The summed E-state index contributed by atoms with van der Waals surface area (Å²) in [6.45, 7) is 12.3. The number of aromatic amines is 1. The van der Waals surface area contributed by atoms with Gasteiger partial charge in [-0.2, -0.15) is 4.98 Å². The van der Waals surface area contributed by atoms with E-state index in [9.17, 15) is 9.59 Å². The topological polar surface area (TPSA) is 113 Å². The highest BCUT2D eigenvalue weighted by Gasteiger charge is 2.31. The van der Waals surface area contributed by atoms with Gasteiger partial charge in [-0.15, -0.1) is 0 Å². The maximum absolute atomic E-state index is 16.1. The minimum Gasteiger partial charge on any atom is -0.350 e. The van der Waals surface area contributed by atoms with Crippen molar-refractivity contribution in [1.29, 1.82) is 0 Å². The highest BCUT2D eigenvalue weighted by molar-refractivity contribution is 5.95. The summed E-state index contributed by atoms with van der Waals surface area (Å²) in [5, 5.41) is 0.270. The van der Waals surface area contributed by atoms with Crippen molar-refractivity contribution >= 4 is 33.8 Å². The van der Waals surface area contributed by atoms with Gasteiger partial charge >= 0.3 is 5.69 Å². The van der Waals surface area contributed by atoms with Crippen LogP contribution < -0.4 is 10.6 Å². The van der Waals surface area contributed by atoms with Gasteiger partial charge in [-0.3, -0.25) is 9.78 Å². The minimum absolute atomic E-state index is 0.0665. The van der Waals surface area contributed by atoms with Crippen LogP contribution in [0.4, 0.5) is 14.6 Å². The number of aryl methyl sites for hydroxylation is 1. The molecule has 43 heavy (non-hydrogen) atoms. The average Bonchev–Trinajstić information content (AvgIpc) is 3.46. The summed E-state index contributed by atoms with van der Waals surface area (Å²) in [6.07, 6.45) is 4.33. The van der Waals surface area contributed by atoms with E-state index in [1.165, 1.54) is 35.2 Å². The Morgan fingerprint density at radius 2 is 1.93 bits per heavy atom. The Morgan fingerprint density at radius 3 is 2.65 bits per heavy atom. The molecule has 0 unspecified atom stereocenters. The van der Waals surface area contributed by atoms with E-state index in [0.29, 0.717) is 36.5 Å². The first-order valence-corrected chi connectivity index (χ1v) is 14.0. The van der Waals surface area contributed by atoms with Gasteiger partial charge in [0.1, 0.15) is 17.3 Å². The average molecular weight is 585 g/mol. The number of nitrogens with one attached hydrogen (secondary N) is 1. The molecule has 220 valence electrons. The van der Waals surface area contributed by atoms with Gasteiger partial charge in [-0.1, -0.05) is 20.4 Å². The number of piperazine rings is 1. The van der Waals surface area contributed by atoms with Crippen molar-refractivity contribution in [2.75, 3.05) is 24.5 Å². The van der Waals surface area contributed by atoms with Gasteiger partial charge in [0.25, 0.3) is 0 Å². The highest BCUT2D eigenvalue weighted by Crippen LogP contribution is 2.36. The number of anilines is 1. The zero-order valence-electron chi connectivity index (χ0n) is 24.2. The maximum Gasteiger partial charge on any atom is 0.355 e. The van der Waals surface area contributed by atoms with E-state index in [2.05, 4.69) is 31.5 Å². The van der Waals surface area contributed by atoms with Crippen LogP contribution in [0.3, 0.4) is 0 Å². The van der Waals surface area contributed by atoms with E-state index in [4.69, 9.17) is 0 Å². The van der Waals surface area contributed by atoms with E-state index in [1.807, 2.05) is 32.6 Å². The molecule has 1 aliphatic heterocycles. The minimum atomic E-state index is -0.790. The van der Waals surface area contributed by atoms with Crippen LogP contribution >= 0.6 is 0 Å². The fourth-order valence-corrected chi connectivity index (χ4v) is 5.81. The molecule has 0 radical (unpaired) electrons. The van der Waals surface area contributed by atoms with Crippen LogP contribution in [0.1, 0.15) is 37.9 Å². The molecule has 12 heteroatoms. The zero-order chi connectivity index (χ0) is 30.6. The lowest BCUT2D eigenvalue weighted by atomic mass is 10.0. The number of carbonyl (C=O) groups is 1. The van der Waals surface area contributed by atoms with Gasteiger partial charge in [0, 0.05) is 31.9 Å². The van der Waals surface area contributed by atoms with Gasteiger partial charge < -0.3 is 14.8 Å². The fourth-order valence-electron chi connectivity index (χ4n) is 5.81. The van der Waals surface area contributed by atoms with Gasteiger partial charge in [0.2, 0.25) is 5.91 Å². The lowest BCUT2D eigenvalue weighted by Gasteiger charge is -2.40. The van der Waals surface area contributed by atoms with Crippen LogP contribution in [-0.2, 0) is 4.79 Å². The number of carbonyl (C=O) groups excluding carboxylic acids is 1. The Kier molecular flexibility index (Phi) is 6.99. The Hall–Kier alpha value is -5.00. The van der Waals surface area contributed by atoms with E-state index < -0.39 is 17.3 Å². The molecule has 1 amide bonds. The van der Waals surface area contributed by atoms with Gasteiger partial charge in [0.05, 0.1) is 39.7 Å². The lowest BCUT2D eigenvalue weighted by Crippen LogP contribution is -2.54. The number of hydrogen-bond donors (Lipinski definition) is 1. The standard InChI is InChI=1S/C31H30F2N8O2/c1-6-23(42)39-11-12-40(18(5)14-39)29-19-13-21(33)26(24-20(32)7-8-22-27(24)36-15-35-22)37-30(19)41(31(43)38-29)28-17(4)9-10-34-25(28)16(2)3/h6-10,13,15-16,18H,1,11-12,14H2,2-5H3,(H,35,36)/t18-/m0/s1. The molecule has 1 fully saturated rings. The van der Waals surface area contributed by atoms with Gasteiger partial charge in [-0.05, 0) is 55.7 Å². The van der Waals surface area contributed by atoms with Crippen LogP contribution in [0.25, 0.3) is 39.0 Å². The summed E-state index contributed by atoms with van der Waals surface area (Å²) in [4.78, 5) is 50.6. The number of benzene rings is 1. The van der Waals surface area contributed by atoms with Crippen LogP contribution in [0.5, 0.6) is 0 Å². The van der Waals surface area contributed by atoms with Crippen molar-refractivity contribution in [2.24, 2.45) is 0 Å². The molecular weight excluding hydrogens is 554 g/mol. The van der Waals surface area contributed by atoms with E-state index in [0.717, 1.165) is 5.56 Å². The van der Waals surface area contributed by atoms with Crippen LogP contribution in [-0.4, -0.2) is 66.0 Å². The van der Waals surface area contributed by atoms with Crippen molar-refractivity contribution in [1.82, 2.24) is 34.4 Å². The monoisotopic (exact) mass is 584 g/mol. The summed E-state index contributed by atoms with van der Waals surface area (Å²) in [7, 11) is 0. The van der Waals surface area contributed by atoms with E-state index >= 15 is 8.78 Å². The zero-order valence-corrected chi connectivity index (χ0v) is 24.2. The van der Waals surface area contributed by atoms with Crippen molar-refractivity contribution in [3.8, 4) is 16.9 Å². The van der Waals surface area contributed by atoms with Crippen molar-refractivity contribution < 1.29 is 13.6 Å². The molecule has 1 N–H and O–H groups in total. The normalized spacial score (nSPS) is 15.6. The summed E-state index contributed by atoms with van der Waals surface area (Å²) >= 11 is 0.